The van der Waals surface area contributed by atoms with E-state index in [1.165, 1.54) is 75.9 Å². The number of amides is 5. The van der Waals surface area contributed by atoms with Gasteiger partial charge in [-0.2, -0.15) is 4.31 Å². The van der Waals surface area contributed by atoms with E-state index in [-0.39, 0.29) is 136 Å². The van der Waals surface area contributed by atoms with E-state index in [1.54, 1.807) is 71.0 Å². The van der Waals surface area contributed by atoms with Gasteiger partial charge in [0.25, 0.3) is 5.69 Å². The first kappa shape index (κ1) is 120. The maximum Gasteiger partial charge on any atom is 0.335 e. The number of imidazole rings is 1. The average Bonchev–Trinajstić information content (AvgIpc) is 1.63. The van der Waals surface area contributed by atoms with E-state index in [9.17, 15) is 56.9 Å². The highest BCUT2D eigenvalue weighted by atomic mass is 32.2. The van der Waals surface area contributed by atoms with Gasteiger partial charge in [-0.1, -0.05) is 12.1 Å². The lowest BCUT2D eigenvalue weighted by Crippen LogP contribution is -2.57. The molecule has 0 saturated carbocycles. The molecule has 1 aliphatic rings. The molecule has 5 amide bonds. The molecule has 1 saturated heterocycles. The Bertz CT molecular complexity index is 4200. The zero-order valence-corrected chi connectivity index (χ0v) is 82.1. The topological polar surface area (TPSA) is 583 Å². The fourth-order valence-electron chi connectivity index (χ4n) is 12.8. The van der Waals surface area contributed by atoms with Crippen molar-refractivity contribution in [2.45, 2.75) is 126 Å². The van der Waals surface area contributed by atoms with Gasteiger partial charge >= 0.3 is 17.6 Å². The second-order valence-electron chi connectivity index (χ2n) is 32.6. The van der Waals surface area contributed by atoms with Gasteiger partial charge in [0.2, 0.25) is 39.6 Å². The Kier molecular flexibility index (Phi) is 62.1. The molecule has 1 aliphatic heterocycles. The molecule has 3 aromatic heterocycles. The van der Waals surface area contributed by atoms with Crippen molar-refractivity contribution in [3.63, 3.8) is 0 Å². The number of sulfonamides is 1. The summed E-state index contributed by atoms with van der Waals surface area (Å²) in [4.78, 5) is 122. The molecule has 2 aromatic carbocycles. The number of nitro groups is 1. The first-order chi connectivity index (χ1) is 66.7. The molecule has 778 valence electrons. The molecule has 138 heavy (non-hydrogen) atoms. The molecule has 13 N–H and O–H groups in total. The molecule has 5 aromatic rings. The molecule has 2 atom stereocenters. The number of nitrogens with one attached hydrogen (secondary N) is 5. The van der Waals surface area contributed by atoms with Crippen LogP contribution in [0.2, 0.25) is 0 Å². The van der Waals surface area contributed by atoms with Crippen molar-refractivity contribution in [1.29, 1.82) is 0 Å². The SMILES string of the molecule is CC(C)(C)OC(=O)[C@H](Cc1ccc(-n2c(=O)n(CC(=O)Oc3ccc([N+](=O)[O-])cc3)c3cccnc32)cc1)NC(=O)[C@H]1N(S(=O)(=O)c2cccnc2)CSC1(C)C.NCCOCCOCCC(=O)NCCCOCCOCC(COCCOCCCNC(=O)CCOCCOCCN)(COCCOCCCNC(=O)CCOCCOCCN)COCCOCCCNC(=O)CCOCCOCCN. The Balaban J connectivity index is 0.000000513. The minimum absolute atomic E-state index is 0.00643. The van der Waals surface area contributed by atoms with E-state index < -0.39 is 72.9 Å². The van der Waals surface area contributed by atoms with Crippen molar-refractivity contribution in [3.8, 4) is 11.4 Å². The molecule has 0 aliphatic carbocycles. The summed E-state index contributed by atoms with van der Waals surface area (Å²) in [5.74, 6) is -2.54. The smallest absolute Gasteiger partial charge is 0.335 e. The largest absolute Gasteiger partial charge is 0.458 e. The zero-order chi connectivity index (χ0) is 100. The van der Waals surface area contributed by atoms with E-state index in [1.807, 2.05) is 0 Å². The molecule has 1 fully saturated rings. The monoisotopic (exact) mass is 1990 g/mol. The number of rotatable bonds is 80. The Morgan fingerprint density at radius 2 is 0.899 bits per heavy atom. The van der Waals surface area contributed by atoms with E-state index >= 15 is 0 Å². The van der Waals surface area contributed by atoms with E-state index in [4.69, 9.17) is 108 Å². The summed E-state index contributed by atoms with van der Waals surface area (Å²) in [5, 5.41) is 25.2. The average molecular weight is 2000 g/mol. The molecular formula is C91H147N15O30S2. The predicted molar refractivity (Wildman–Crippen MR) is 510 cm³/mol. The molecule has 4 heterocycles. The number of pyridine rings is 2. The minimum atomic E-state index is -4.13. The van der Waals surface area contributed by atoms with Gasteiger partial charge in [0.1, 0.15) is 34.9 Å². The highest BCUT2D eigenvalue weighted by Crippen LogP contribution is 2.42. The second-order valence-corrected chi connectivity index (χ2v) is 36.1. The van der Waals surface area contributed by atoms with Gasteiger partial charge < -0.3 is 135 Å². The first-order valence-electron chi connectivity index (χ1n) is 46.5. The molecule has 45 nitrogen and oxygen atoms in total. The maximum absolute atomic E-state index is 14.1. The van der Waals surface area contributed by atoms with Crippen molar-refractivity contribution >= 4 is 80.1 Å². The number of nitrogens with two attached hydrogens (primary N) is 4. The lowest BCUT2D eigenvalue weighted by Gasteiger charge is -2.33. The van der Waals surface area contributed by atoms with Gasteiger partial charge in [-0.3, -0.25) is 43.6 Å². The second kappa shape index (κ2) is 71.6. The Morgan fingerprint density at radius 3 is 1.28 bits per heavy atom. The fourth-order valence-corrected chi connectivity index (χ4v) is 15.9. The van der Waals surface area contributed by atoms with Gasteiger partial charge in [-0.05, 0) is 114 Å². The number of nitrogens with zero attached hydrogens (tertiary/aromatic N) is 6. The number of esters is 2. The summed E-state index contributed by atoms with van der Waals surface area (Å²) >= 11 is 1.29. The summed E-state index contributed by atoms with van der Waals surface area (Å²) in [6, 6.07) is 15.2. The zero-order valence-electron chi connectivity index (χ0n) is 80.4. The van der Waals surface area contributed by atoms with Crippen LogP contribution in [0.5, 0.6) is 5.75 Å². The molecule has 6 rings (SSSR count). The summed E-state index contributed by atoms with van der Waals surface area (Å²) in [7, 11) is -4.13. The van der Waals surface area contributed by atoms with Crippen molar-refractivity contribution in [1.82, 2.24) is 50.0 Å². The van der Waals surface area contributed by atoms with Crippen LogP contribution in [0.15, 0.2) is 101 Å². The van der Waals surface area contributed by atoms with Crippen molar-refractivity contribution in [2.75, 3.05) is 270 Å². The number of fused-ring (bicyclic) bond motifs is 1. The third kappa shape index (κ3) is 51.0. The van der Waals surface area contributed by atoms with Crippen LogP contribution >= 0.6 is 11.8 Å². The third-order valence-corrected chi connectivity index (χ3v) is 22.9. The number of carbonyl (C=O) groups is 7. The third-order valence-electron chi connectivity index (χ3n) is 19.6. The number of aromatic nitrogens is 4. The minimum Gasteiger partial charge on any atom is -0.458 e. The van der Waals surface area contributed by atoms with Crippen LogP contribution in [0, 0.1) is 15.5 Å². The Morgan fingerprint density at radius 1 is 0.514 bits per heavy atom. The van der Waals surface area contributed by atoms with Crippen LogP contribution in [0.3, 0.4) is 0 Å². The van der Waals surface area contributed by atoms with Crippen LogP contribution < -0.4 is 59.9 Å². The van der Waals surface area contributed by atoms with E-state index in [0.29, 0.717) is 253 Å². The molecule has 0 bridgehead atoms. The quantitative estimate of drug-likeness (QED) is 0.00879. The van der Waals surface area contributed by atoms with E-state index in [2.05, 4.69) is 36.6 Å². The molecular weight excluding hydrogens is 1850 g/mol. The number of hydrogen-bond donors (Lipinski definition) is 9. The van der Waals surface area contributed by atoms with Crippen LogP contribution in [-0.4, -0.2) is 370 Å². The van der Waals surface area contributed by atoms with Crippen molar-refractivity contribution in [2.24, 2.45) is 28.3 Å². The Hall–Kier alpha value is -8.84. The maximum atomic E-state index is 14.1. The summed E-state index contributed by atoms with van der Waals surface area (Å²) in [6.07, 6.45) is 7.61. The van der Waals surface area contributed by atoms with Crippen molar-refractivity contribution < 1.29 is 132 Å². The number of benzene rings is 2. The van der Waals surface area contributed by atoms with Gasteiger partial charge in [0.05, 0.1) is 212 Å². The summed E-state index contributed by atoms with van der Waals surface area (Å²) in [5.41, 5.74) is 20.7. The number of ether oxygens (including phenoxy) is 18. The van der Waals surface area contributed by atoms with E-state index in [0.717, 1.165) is 4.31 Å². The lowest BCUT2D eigenvalue weighted by molar-refractivity contribution is -0.384. The highest BCUT2D eigenvalue weighted by Gasteiger charge is 2.52. The summed E-state index contributed by atoms with van der Waals surface area (Å²) < 4.78 is 132. The number of thioether (sulfide) groups is 1. The van der Waals surface area contributed by atoms with Gasteiger partial charge in [-0.15, -0.1) is 11.8 Å². The lowest BCUT2D eigenvalue weighted by atomic mass is 9.92. The number of hydrogen-bond acceptors (Lipinski definition) is 37. The fraction of sp³-hybridized carbons (Fsp3) is 0.670. The predicted octanol–water partition coefficient (Wildman–Crippen LogP) is 1.67. The summed E-state index contributed by atoms with van der Waals surface area (Å²) in [6.45, 7) is 23.2. The van der Waals surface area contributed by atoms with Gasteiger partial charge in [0, 0.05) is 146 Å². The van der Waals surface area contributed by atoms with Gasteiger partial charge in [0.15, 0.2) is 5.65 Å². The molecule has 0 unspecified atom stereocenters. The van der Waals surface area contributed by atoms with Gasteiger partial charge in [-0.25, -0.2) is 32.4 Å². The highest BCUT2D eigenvalue weighted by molar-refractivity contribution is 8.02. The standard InChI is InChI=1S/C53H108N8O20.C38H39N7O10S2/c54-9-25-74-33-29-70-21-5-49(62)58-13-1-17-66-37-41-78-45-53(46-79-42-38-67-18-2-14-59-50(63)6-22-71-30-34-75-26-10-55,47-80-43-39-68-19-3-15-60-51(64)7-23-72-31-35-76-27-11-56)48-81-44-40-69-20-4-16-61-52(65)8-24-73-32-36-77-28-12-57;1-37(2,3)55-35(48)29(41-34(47)32-38(4,5)56-23-43(32)57(52,53)28-8-6-18-39-21-28)20-24-10-12-25(13-11-24)44-33-30(9-7-19-40-33)42(36(44)49)22-31(46)54-27-16-14-26(15-17-27)45(50)51/h1-48,54-57H2,(H,58,62)(H,59,63)(H,60,64)(H,61,65);6-19,21,29,32H,20,22-23H2,1-5H3,(H,41,47)/t;29-,32+/m.0/s1. The molecule has 0 radical (unpaired) electrons. The van der Waals surface area contributed by atoms with Crippen LogP contribution in [0.4, 0.5) is 5.69 Å². The first-order valence-corrected chi connectivity index (χ1v) is 48.9. The van der Waals surface area contributed by atoms with Crippen molar-refractivity contribution in [3.05, 3.63) is 118 Å². The van der Waals surface area contributed by atoms with Crippen LogP contribution in [0.25, 0.3) is 16.9 Å². The Labute approximate surface area is 811 Å². The normalized spacial score (nSPS) is 13.5. The number of carbonyl (C=O) groups excluding carboxylic acids is 7. The number of non-ortho nitro benzene ring substituents is 1. The van der Waals surface area contributed by atoms with Crippen LogP contribution in [0.1, 0.15) is 91.5 Å². The molecule has 47 heteroatoms. The molecule has 0 spiro atoms. The number of nitro benzene ring substituents is 1. The van der Waals surface area contributed by atoms with Crippen LogP contribution in [-0.2, 0) is 137 Å².